The highest BCUT2D eigenvalue weighted by atomic mass is 16.5. The van der Waals surface area contributed by atoms with Crippen molar-refractivity contribution in [3.8, 4) is 0 Å². The van der Waals surface area contributed by atoms with Gasteiger partial charge in [-0.1, -0.05) is 0 Å². The van der Waals surface area contributed by atoms with Crippen molar-refractivity contribution in [3.63, 3.8) is 0 Å². The summed E-state index contributed by atoms with van der Waals surface area (Å²) in [6.45, 7) is 3.92. The minimum atomic E-state index is -0.738. The van der Waals surface area contributed by atoms with Gasteiger partial charge in [-0.2, -0.15) is 0 Å². The molecule has 2 heterocycles. The SMILES string of the molecule is CC1CC(C(=O)N2CCC(CC(=O)O)CC2)CO1. The van der Waals surface area contributed by atoms with Crippen LogP contribution in [-0.2, 0) is 14.3 Å². The Kier molecular flexibility index (Phi) is 4.22. The lowest BCUT2D eigenvalue weighted by Crippen LogP contribution is -2.42. The number of likely N-dealkylation sites (tertiary alicyclic amines) is 1. The molecule has 0 aromatic heterocycles. The van der Waals surface area contributed by atoms with Crippen molar-refractivity contribution in [3.05, 3.63) is 0 Å². The van der Waals surface area contributed by atoms with Crippen molar-refractivity contribution in [2.45, 2.75) is 38.7 Å². The number of hydrogen-bond donors (Lipinski definition) is 1. The average molecular weight is 255 g/mol. The third-order valence-corrected chi connectivity index (χ3v) is 3.94. The van der Waals surface area contributed by atoms with Crippen molar-refractivity contribution in [1.82, 2.24) is 4.90 Å². The Balaban J connectivity index is 1.79. The molecule has 0 bridgehead atoms. The van der Waals surface area contributed by atoms with Crippen LogP contribution in [0, 0.1) is 11.8 Å². The van der Waals surface area contributed by atoms with Crippen LogP contribution in [0.1, 0.15) is 32.6 Å². The molecule has 5 heteroatoms. The zero-order chi connectivity index (χ0) is 13.1. The smallest absolute Gasteiger partial charge is 0.303 e. The van der Waals surface area contributed by atoms with Crippen molar-refractivity contribution in [2.75, 3.05) is 19.7 Å². The second-order valence-corrected chi connectivity index (χ2v) is 5.44. The maximum atomic E-state index is 12.2. The number of carboxylic acid groups (broad SMARTS) is 1. The highest BCUT2D eigenvalue weighted by molar-refractivity contribution is 5.79. The van der Waals surface area contributed by atoms with Gasteiger partial charge in [-0.15, -0.1) is 0 Å². The molecule has 1 N–H and O–H groups in total. The Morgan fingerprint density at radius 1 is 1.33 bits per heavy atom. The third-order valence-electron chi connectivity index (χ3n) is 3.94. The van der Waals surface area contributed by atoms with E-state index in [0.717, 1.165) is 19.3 Å². The molecule has 2 saturated heterocycles. The molecule has 0 aromatic carbocycles. The fraction of sp³-hybridized carbons (Fsp3) is 0.846. The molecule has 2 aliphatic rings. The molecule has 0 aromatic rings. The highest BCUT2D eigenvalue weighted by Gasteiger charge is 2.33. The topological polar surface area (TPSA) is 66.8 Å². The van der Waals surface area contributed by atoms with Gasteiger partial charge in [0.2, 0.25) is 5.91 Å². The number of hydrogen-bond acceptors (Lipinski definition) is 3. The molecule has 1 amide bonds. The summed E-state index contributed by atoms with van der Waals surface area (Å²) in [6.07, 6.45) is 2.84. The van der Waals surface area contributed by atoms with Gasteiger partial charge in [-0.05, 0) is 32.1 Å². The minimum absolute atomic E-state index is 0.0102. The average Bonchev–Trinajstić information content (AvgIpc) is 2.75. The predicted molar refractivity (Wildman–Crippen MR) is 65.1 cm³/mol. The molecular formula is C13H21NO4. The highest BCUT2D eigenvalue weighted by Crippen LogP contribution is 2.25. The molecule has 0 aliphatic carbocycles. The second kappa shape index (κ2) is 5.69. The summed E-state index contributed by atoms with van der Waals surface area (Å²) in [5, 5.41) is 8.75. The molecule has 2 atom stereocenters. The van der Waals surface area contributed by atoms with E-state index < -0.39 is 5.97 Å². The summed E-state index contributed by atoms with van der Waals surface area (Å²) in [7, 11) is 0. The maximum absolute atomic E-state index is 12.2. The second-order valence-electron chi connectivity index (χ2n) is 5.44. The van der Waals surface area contributed by atoms with E-state index in [4.69, 9.17) is 9.84 Å². The van der Waals surface area contributed by atoms with Crippen LogP contribution in [0.2, 0.25) is 0 Å². The van der Waals surface area contributed by atoms with Crippen LogP contribution in [-0.4, -0.2) is 47.7 Å². The molecule has 102 valence electrons. The van der Waals surface area contributed by atoms with Crippen LogP contribution in [0.25, 0.3) is 0 Å². The Labute approximate surface area is 107 Å². The number of nitrogens with zero attached hydrogens (tertiary/aromatic N) is 1. The third kappa shape index (κ3) is 3.22. The van der Waals surface area contributed by atoms with Crippen LogP contribution < -0.4 is 0 Å². The van der Waals surface area contributed by atoms with Gasteiger partial charge in [0.15, 0.2) is 0 Å². The molecule has 2 fully saturated rings. The van der Waals surface area contributed by atoms with Crippen LogP contribution in [0.5, 0.6) is 0 Å². The zero-order valence-electron chi connectivity index (χ0n) is 10.8. The van der Waals surface area contributed by atoms with Gasteiger partial charge in [0.1, 0.15) is 0 Å². The van der Waals surface area contributed by atoms with E-state index in [1.165, 1.54) is 0 Å². The number of amides is 1. The molecule has 2 aliphatic heterocycles. The summed E-state index contributed by atoms with van der Waals surface area (Å²) in [5.41, 5.74) is 0. The number of carbonyl (C=O) groups is 2. The van der Waals surface area contributed by atoms with Crippen molar-refractivity contribution in [1.29, 1.82) is 0 Å². The van der Waals surface area contributed by atoms with Gasteiger partial charge in [-0.3, -0.25) is 9.59 Å². The van der Waals surface area contributed by atoms with Gasteiger partial charge >= 0.3 is 5.97 Å². The van der Waals surface area contributed by atoms with Gasteiger partial charge in [0.05, 0.1) is 18.6 Å². The summed E-state index contributed by atoms with van der Waals surface area (Å²) in [5.74, 6) is -0.313. The predicted octanol–water partition coefficient (Wildman–Crippen LogP) is 1.12. The fourth-order valence-electron chi connectivity index (χ4n) is 2.85. The molecule has 2 unspecified atom stereocenters. The van der Waals surface area contributed by atoms with Crippen molar-refractivity contribution < 1.29 is 19.4 Å². The molecule has 2 rings (SSSR count). The van der Waals surface area contributed by atoms with Crippen LogP contribution in [0.4, 0.5) is 0 Å². The zero-order valence-corrected chi connectivity index (χ0v) is 10.8. The normalized spacial score (nSPS) is 29.5. The first kappa shape index (κ1) is 13.3. The molecule has 0 saturated carbocycles. The van der Waals surface area contributed by atoms with Crippen LogP contribution in [0.3, 0.4) is 0 Å². The fourth-order valence-corrected chi connectivity index (χ4v) is 2.85. The Morgan fingerprint density at radius 3 is 2.50 bits per heavy atom. The lowest BCUT2D eigenvalue weighted by atomic mass is 9.92. The van der Waals surface area contributed by atoms with Gasteiger partial charge in [0.25, 0.3) is 0 Å². The van der Waals surface area contributed by atoms with E-state index in [9.17, 15) is 9.59 Å². The van der Waals surface area contributed by atoms with Crippen molar-refractivity contribution in [2.24, 2.45) is 11.8 Å². The first-order valence-corrected chi connectivity index (χ1v) is 6.68. The first-order chi connectivity index (χ1) is 8.56. The number of aliphatic carboxylic acids is 1. The van der Waals surface area contributed by atoms with Crippen molar-refractivity contribution >= 4 is 11.9 Å². The quantitative estimate of drug-likeness (QED) is 0.820. The molecule has 0 radical (unpaired) electrons. The van der Waals surface area contributed by atoms with E-state index in [-0.39, 0.29) is 30.3 Å². The van der Waals surface area contributed by atoms with E-state index in [1.807, 2.05) is 11.8 Å². The summed E-state index contributed by atoms with van der Waals surface area (Å²) >= 11 is 0. The molecule has 5 nitrogen and oxygen atoms in total. The molecule has 18 heavy (non-hydrogen) atoms. The van der Waals surface area contributed by atoms with E-state index >= 15 is 0 Å². The van der Waals surface area contributed by atoms with Gasteiger partial charge in [0, 0.05) is 19.5 Å². The summed E-state index contributed by atoms with van der Waals surface area (Å²) in [4.78, 5) is 24.7. The van der Waals surface area contributed by atoms with Crippen LogP contribution in [0.15, 0.2) is 0 Å². The number of carboxylic acids is 1. The standard InChI is InChI=1S/C13H21NO4/c1-9-6-11(8-18-9)13(17)14-4-2-10(3-5-14)7-12(15)16/h9-11H,2-8H2,1H3,(H,15,16). The van der Waals surface area contributed by atoms with Crippen LogP contribution >= 0.6 is 0 Å². The van der Waals surface area contributed by atoms with E-state index in [1.54, 1.807) is 0 Å². The molecule has 0 spiro atoms. The number of rotatable bonds is 3. The number of ether oxygens (including phenoxy) is 1. The largest absolute Gasteiger partial charge is 0.481 e. The number of carbonyl (C=O) groups excluding carboxylic acids is 1. The maximum Gasteiger partial charge on any atom is 0.303 e. The first-order valence-electron chi connectivity index (χ1n) is 6.68. The Hall–Kier alpha value is -1.10. The lowest BCUT2D eigenvalue weighted by Gasteiger charge is -2.32. The van der Waals surface area contributed by atoms with E-state index in [0.29, 0.717) is 19.7 Å². The summed E-state index contributed by atoms with van der Waals surface area (Å²) in [6, 6.07) is 0. The lowest BCUT2D eigenvalue weighted by molar-refractivity contribution is -0.139. The number of piperidine rings is 1. The monoisotopic (exact) mass is 255 g/mol. The minimum Gasteiger partial charge on any atom is -0.481 e. The van der Waals surface area contributed by atoms with Gasteiger partial charge in [-0.25, -0.2) is 0 Å². The van der Waals surface area contributed by atoms with Gasteiger partial charge < -0.3 is 14.7 Å². The Morgan fingerprint density at radius 2 is 2.00 bits per heavy atom. The Bertz CT molecular complexity index is 323. The van der Waals surface area contributed by atoms with E-state index in [2.05, 4.69) is 0 Å². The summed E-state index contributed by atoms with van der Waals surface area (Å²) < 4.78 is 5.43. The molecular weight excluding hydrogens is 234 g/mol.